The van der Waals surface area contributed by atoms with Crippen molar-refractivity contribution < 1.29 is 19.1 Å². The number of nitrogens with two attached hydrogens (primary N) is 1. The van der Waals surface area contributed by atoms with Crippen LogP contribution in [0.2, 0.25) is 0 Å². The summed E-state index contributed by atoms with van der Waals surface area (Å²) in [7, 11) is 3.67. The minimum absolute atomic E-state index is 0.0417. The Morgan fingerprint density at radius 2 is 2.10 bits per heavy atom. The molecule has 8 heteroatoms. The average molecular weight is 408 g/mol. The van der Waals surface area contributed by atoms with Crippen LogP contribution in [0, 0.1) is 17.7 Å². The lowest BCUT2D eigenvalue weighted by atomic mass is 10.0. The fourth-order valence-electron chi connectivity index (χ4n) is 2.91. The van der Waals surface area contributed by atoms with Crippen molar-refractivity contribution in [1.82, 2.24) is 14.7 Å². The zero-order valence-electron chi connectivity index (χ0n) is 16.6. The molecule has 1 heterocycles. The number of halogens is 1. The van der Waals surface area contributed by atoms with Crippen LogP contribution in [-0.2, 0) is 4.79 Å². The molecule has 0 aliphatic rings. The first-order chi connectivity index (χ1) is 14.2. The molecule has 0 bridgehead atoms. The minimum Gasteiger partial charge on any atom is -0.371 e. The molecule has 0 spiro atoms. The van der Waals surface area contributed by atoms with Gasteiger partial charge in [0, 0.05) is 23.9 Å². The summed E-state index contributed by atoms with van der Waals surface area (Å²) in [5, 5.41) is 14.9. The molecule has 154 valence electrons. The van der Waals surface area contributed by atoms with Gasteiger partial charge in [-0.2, -0.15) is 5.10 Å². The molecule has 30 heavy (non-hydrogen) atoms. The van der Waals surface area contributed by atoms with E-state index in [2.05, 4.69) is 16.9 Å². The smallest absolute Gasteiger partial charge is 0.269 e. The average Bonchev–Trinajstić information content (AvgIpc) is 3.10. The predicted octanol–water partition coefficient (Wildman–Crippen LogP) is 1.50. The molecule has 0 radical (unpaired) electrons. The van der Waals surface area contributed by atoms with E-state index in [4.69, 9.17) is 5.73 Å². The zero-order chi connectivity index (χ0) is 21.9. The minimum atomic E-state index is -1.75. The van der Waals surface area contributed by atoms with Crippen molar-refractivity contribution in [2.45, 2.75) is 12.0 Å². The number of fused-ring (bicyclic) bond motifs is 1. The summed E-state index contributed by atoms with van der Waals surface area (Å²) < 4.78 is 15.1. The Morgan fingerprint density at radius 1 is 1.33 bits per heavy atom. The highest BCUT2D eigenvalue weighted by molar-refractivity contribution is 6.04. The summed E-state index contributed by atoms with van der Waals surface area (Å²) in [6.07, 6.45) is 0.607. The number of benzene rings is 2. The van der Waals surface area contributed by atoms with Gasteiger partial charge in [-0.05, 0) is 50.5 Å². The zero-order valence-corrected chi connectivity index (χ0v) is 16.6. The summed E-state index contributed by atoms with van der Waals surface area (Å²) >= 11 is 0. The number of aromatic nitrogens is 2. The fourth-order valence-corrected chi connectivity index (χ4v) is 2.91. The second-order valence-corrected chi connectivity index (χ2v) is 7.18. The van der Waals surface area contributed by atoms with Gasteiger partial charge in [0.1, 0.15) is 5.82 Å². The summed E-state index contributed by atoms with van der Waals surface area (Å²) in [6.45, 7) is 0.496. The normalized spacial score (nSPS) is 13.0. The molecule has 1 aromatic heterocycles. The van der Waals surface area contributed by atoms with E-state index in [1.807, 2.05) is 19.0 Å². The number of rotatable bonds is 6. The van der Waals surface area contributed by atoms with Gasteiger partial charge in [-0.1, -0.05) is 17.9 Å². The number of aliphatic hydroxyl groups is 1. The molecule has 1 atom stereocenters. The molecule has 2 aromatic carbocycles. The Labute approximate surface area is 172 Å². The van der Waals surface area contributed by atoms with Gasteiger partial charge in [-0.3, -0.25) is 9.59 Å². The molecule has 0 fully saturated rings. The van der Waals surface area contributed by atoms with Crippen LogP contribution < -0.4 is 5.73 Å². The van der Waals surface area contributed by atoms with Crippen molar-refractivity contribution in [3.8, 4) is 17.5 Å². The molecule has 3 rings (SSSR count). The van der Waals surface area contributed by atoms with E-state index >= 15 is 0 Å². The number of nitrogens with zero attached hydrogens (tertiary/aromatic N) is 3. The summed E-state index contributed by atoms with van der Waals surface area (Å²) in [6, 6.07) is 10.8. The molecule has 0 aliphatic carbocycles. The first kappa shape index (κ1) is 21.2. The molecular formula is C22H21FN4O3. The Balaban J connectivity index is 2.01. The first-order valence-electron chi connectivity index (χ1n) is 9.17. The molecule has 1 amide bonds. The SMILES string of the molecule is CN(C)CCC(O)(C#Cc1cccc(-n2nc(C(N)=O)c3cc(F)ccc32)c1)C=O. The van der Waals surface area contributed by atoms with Gasteiger partial charge in [0.2, 0.25) is 0 Å². The first-order valence-corrected chi connectivity index (χ1v) is 9.17. The third-order valence-electron chi connectivity index (χ3n) is 4.52. The number of aldehydes is 1. The van der Waals surface area contributed by atoms with E-state index in [1.54, 1.807) is 24.3 Å². The molecular weight excluding hydrogens is 387 g/mol. The van der Waals surface area contributed by atoms with Gasteiger partial charge in [0.25, 0.3) is 5.91 Å². The number of carbonyl (C=O) groups excluding carboxylic acids is 2. The van der Waals surface area contributed by atoms with Gasteiger partial charge in [0.05, 0.1) is 11.2 Å². The molecule has 7 nitrogen and oxygen atoms in total. The van der Waals surface area contributed by atoms with Crippen LogP contribution >= 0.6 is 0 Å². The standard InChI is InChI=1S/C22H21FN4O3/c1-26(2)11-10-22(30,14-28)9-8-15-4-3-5-17(12-15)27-19-7-6-16(23)13-18(19)20(25-27)21(24)29/h3-7,12-14,30H,10-11H2,1-2H3,(H2,24,29). The van der Waals surface area contributed by atoms with Gasteiger partial charge >= 0.3 is 0 Å². The Bertz CT molecular complexity index is 1180. The number of amides is 1. The van der Waals surface area contributed by atoms with Crippen LogP contribution in [0.25, 0.3) is 16.6 Å². The van der Waals surface area contributed by atoms with Crippen LogP contribution in [0.4, 0.5) is 4.39 Å². The van der Waals surface area contributed by atoms with Crippen molar-refractivity contribution in [3.63, 3.8) is 0 Å². The Kier molecular flexibility index (Phi) is 5.96. The number of hydrogen-bond acceptors (Lipinski definition) is 5. The monoisotopic (exact) mass is 408 g/mol. The number of primary amides is 1. The molecule has 0 aliphatic heterocycles. The number of carbonyl (C=O) groups is 2. The summed E-state index contributed by atoms with van der Waals surface area (Å²) in [5.41, 5.74) is 5.19. The second kappa shape index (κ2) is 8.45. The van der Waals surface area contributed by atoms with Crippen LogP contribution in [0.3, 0.4) is 0 Å². The van der Waals surface area contributed by atoms with Gasteiger partial charge in [0.15, 0.2) is 17.6 Å². The van der Waals surface area contributed by atoms with Crippen molar-refractivity contribution in [2.24, 2.45) is 5.73 Å². The van der Waals surface area contributed by atoms with Crippen LogP contribution in [0.15, 0.2) is 42.5 Å². The van der Waals surface area contributed by atoms with Crippen molar-refractivity contribution in [3.05, 3.63) is 59.5 Å². The lowest BCUT2D eigenvalue weighted by molar-refractivity contribution is -0.119. The topological polar surface area (TPSA) is 101 Å². The highest BCUT2D eigenvalue weighted by Crippen LogP contribution is 2.23. The van der Waals surface area contributed by atoms with Crippen LogP contribution in [0.5, 0.6) is 0 Å². The maximum Gasteiger partial charge on any atom is 0.269 e. The van der Waals surface area contributed by atoms with Crippen LogP contribution in [-0.4, -0.2) is 58.2 Å². The van der Waals surface area contributed by atoms with Crippen molar-refractivity contribution >= 4 is 23.1 Å². The molecule has 3 N–H and O–H groups in total. The second-order valence-electron chi connectivity index (χ2n) is 7.18. The van der Waals surface area contributed by atoms with Crippen LogP contribution in [0.1, 0.15) is 22.5 Å². The predicted molar refractivity (Wildman–Crippen MR) is 111 cm³/mol. The van der Waals surface area contributed by atoms with Crippen molar-refractivity contribution in [1.29, 1.82) is 0 Å². The van der Waals surface area contributed by atoms with E-state index in [0.717, 1.165) is 0 Å². The van der Waals surface area contributed by atoms with E-state index in [1.165, 1.54) is 22.9 Å². The third-order valence-corrected chi connectivity index (χ3v) is 4.52. The Morgan fingerprint density at radius 3 is 2.77 bits per heavy atom. The van der Waals surface area contributed by atoms with E-state index in [0.29, 0.717) is 35.0 Å². The quantitative estimate of drug-likeness (QED) is 0.475. The maximum absolute atomic E-state index is 13.7. The third kappa shape index (κ3) is 4.54. The highest BCUT2D eigenvalue weighted by atomic mass is 19.1. The van der Waals surface area contributed by atoms with E-state index in [9.17, 15) is 19.1 Å². The molecule has 1 unspecified atom stereocenters. The molecule has 0 saturated heterocycles. The largest absolute Gasteiger partial charge is 0.371 e. The Hall–Kier alpha value is -3.54. The summed E-state index contributed by atoms with van der Waals surface area (Å²) in [5.74, 6) is 4.16. The van der Waals surface area contributed by atoms with Gasteiger partial charge in [-0.25, -0.2) is 9.07 Å². The lowest BCUT2D eigenvalue weighted by Crippen LogP contribution is -2.33. The summed E-state index contributed by atoms with van der Waals surface area (Å²) in [4.78, 5) is 24.9. The maximum atomic E-state index is 13.7. The molecule has 0 saturated carbocycles. The van der Waals surface area contributed by atoms with Crippen molar-refractivity contribution in [2.75, 3.05) is 20.6 Å². The van der Waals surface area contributed by atoms with E-state index < -0.39 is 17.3 Å². The lowest BCUT2D eigenvalue weighted by Gasteiger charge is -2.17. The van der Waals surface area contributed by atoms with Gasteiger partial charge < -0.3 is 15.7 Å². The fraction of sp³-hybridized carbons (Fsp3) is 0.227. The highest BCUT2D eigenvalue weighted by Gasteiger charge is 2.23. The van der Waals surface area contributed by atoms with E-state index in [-0.39, 0.29) is 12.1 Å². The number of hydrogen-bond donors (Lipinski definition) is 2. The van der Waals surface area contributed by atoms with Gasteiger partial charge in [-0.15, -0.1) is 0 Å². The molecule has 3 aromatic rings.